The molecule has 9 aromatic carbocycles. The molecule has 0 aliphatic heterocycles. The highest BCUT2D eigenvalue weighted by atomic mass is 16.3. The molecule has 2 heteroatoms. The molecule has 288 valence electrons. The van der Waals surface area contributed by atoms with Gasteiger partial charge in [0.25, 0.3) is 0 Å². The summed E-state index contributed by atoms with van der Waals surface area (Å²) in [5.41, 5.74) is 16.3. The second kappa shape index (κ2) is 15.5. The molecular formula is C58H45NO. The third kappa shape index (κ3) is 6.55. The van der Waals surface area contributed by atoms with Crippen LogP contribution in [0.3, 0.4) is 0 Å². The van der Waals surface area contributed by atoms with Crippen molar-refractivity contribution in [2.45, 2.75) is 38.0 Å². The molecule has 1 saturated carbocycles. The van der Waals surface area contributed by atoms with Crippen molar-refractivity contribution >= 4 is 49.8 Å². The first-order chi connectivity index (χ1) is 29.8. The van der Waals surface area contributed by atoms with Crippen molar-refractivity contribution in [3.63, 3.8) is 0 Å². The Hall–Kier alpha value is -7.16. The van der Waals surface area contributed by atoms with Gasteiger partial charge in [-0.1, -0.05) is 183 Å². The number of hydrogen-bond acceptors (Lipinski definition) is 2. The van der Waals surface area contributed by atoms with E-state index in [1.54, 1.807) is 0 Å². The van der Waals surface area contributed by atoms with Gasteiger partial charge >= 0.3 is 0 Å². The normalized spacial score (nSPS) is 13.3. The van der Waals surface area contributed by atoms with Crippen LogP contribution < -0.4 is 4.90 Å². The number of anilines is 3. The SMILES string of the molecule is c1ccc(-c2ccc(-c3ccc(N(c4ccccc4-c4ccc5oc6ccccc6c5c4)c4ccccc4-c4cccc5cccc(C6CCCCC6)c45)cc3)cc2)cc1. The van der Waals surface area contributed by atoms with Crippen LogP contribution in [-0.4, -0.2) is 0 Å². The van der Waals surface area contributed by atoms with Crippen LogP contribution in [-0.2, 0) is 0 Å². The molecule has 0 N–H and O–H groups in total. The monoisotopic (exact) mass is 771 g/mol. The molecule has 0 amide bonds. The second-order valence-electron chi connectivity index (χ2n) is 16.3. The van der Waals surface area contributed by atoms with Crippen LogP contribution in [0.1, 0.15) is 43.6 Å². The van der Waals surface area contributed by atoms with Crippen LogP contribution in [0.5, 0.6) is 0 Å². The van der Waals surface area contributed by atoms with Gasteiger partial charge in [0, 0.05) is 27.6 Å². The molecule has 1 aliphatic rings. The minimum absolute atomic E-state index is 0.579. The zero-order valence-corrected chi connectivity index (χ0v) is 33.6. The first-order valence-corrected chi connectivity index (χ1v) is 21.4. The maximum atomic E-state index is 6.28. The smallest absolute Gasteiger partial charge is 0.135 e. The number of benzene rings is 9. The molecule has 60 heavy (non-hydrogen) atoms. The standard InChI is InChI=1S/C58H45NO/c1-3-15-40(16-4-1)41-29-31-42(32-30-41)43-33-36-47(37-34-43)59(54-26-10-7-21-48(54)46-35-38-57-53(39-46)51-23-9-12-28-56(51)60-57)55-27-11-8-22-50(55)52-25-14-20-45-19-13-24-49(58(45)52)44-17-5-2-6-18-44/h1,3-4,7-16,19-39,44H,2,5-6,17-18H2. The molecule has 1 aliphatic carbocycles. The topological polar surface area (TPSA) is 16.4 Å². The van der Waals surface area contributed by atoms with Gasteiger partial charge in [0.2, 0.25) is 0 Å². The second-order valence-corrected chi connectivity index (χ2v) is 16.3. The van der Waals surface area contributed by atoms with E-state index < -0.39 is 0 Å². The van der Waals surface area contributed by atoms with Crippen molar-refractivity contribution in [1.82, 2.24) is 0 Å². The molecule has 0 unspecified atom stereocenters. The Labute approximate surface area is 352 Å². The lowest BCUT2D eigenvalue weighted by molar-refractivity contribution is 0.445. The highest BCUT2D eigenvalue weighted by molar-refractivity contribution is 6.08. The lowest BCUT2D eigenvalue weighted by Crippen LogP contribution is -2.12. The summed E-state index contributed by atoms with van der Waals surface area (Å²) >= 11 is 0. The fraction of sp³-hybridized carbons (Fsp3) is 0.103. The highest BCUT2D eigenvalue weighted by Gasteiger charge is 2.24. The van der Waals surface area contributed by atoms with Crippen molar-refractivity contribution in [3.8, 4) is 44.5 Å². The summed E-state index contributed by atoms with van der Waals surface area (Å²) in [5, 5.41) is 4.95. The quantitative estimate of drug-likeness (QED) is 0.153. The van der Waals surface area contributed by atoms with Gasteiger partial charge in [-0.25, -0.2) is 0 Å². The molecule has 1 heterocycles. The van der Waals surface area contributed by atoms with Gasteiger partial charge in [0.1, 0.15) is 11.2 Å². The lowest BCUT2D eigenvalue weighted by Gasteiger charge is -2.31. The van der Waals surface area contributed by atoms with Crippen molar-refractivity contribution in [1.29, 1.82) is 0 Å². The Balaban J connectivity index is 1.09. The summed E-state index contributed by atoms with van der Waals surface area (Å²) in [6, 6.07) is 75.3. The zero-order valence-electron chi connectivity index (χ0n) is 33.6. The van der Waals surface area contributed by atoms with Crippen LogP contribution in [0.25, 0.3) is 77.2 Å². The average molecular weight is 772 g/mol. The fourth-order valence-electron chi connectivity index (χ4n) is 9.75. The molecule has 0 atom stereocenters. The number of fused-ring (bicyclic) bond motifs is 4. The minimum atomic E-state index is 0.579. The fourth-order valence-corrected chi connectivity index (χ4v) is 9.75. The van der Waals surface area contributed by atoms with E-state index in [1.807, 2.05) is 6.07 Å². The van der Waals surface area contributed by atoms with Gasteiger partial charge in [-0.3, -0.25) is 0 Å². The Kier molecular flexibility index (Phi) is 9.32. The third-order valence-electron chi connectivity index (χ3n) is 12.7. The van der Waals surface area contributed by atoms with Crippen LogP contribution in [0.15, 0.2) is 211 Å². The van der Waals surface area contributed by atoms with E-state index in [0.717, 1.165) is 50.1 Å². The van der Waals surface area contributed by atoms with Gasteiger partial charge in [-0.15, -0.1) is 0 Å². The Bertz CT molecular complexity index is 3110. The van der Waals surface area contributed by atoms with Crippen LogP contribution >= 0.6 is 0 Å². The van der Waals surface area contributed by atoms with Gasteiger partial charge in [0.15, 0.2) is 0 Å². The van der Waals surface area contributed by atoms with E-state index in [1.165, 1.54) is 81.8 Å². The van der Waals surface area contributed by atoms with Crippen LogP contribution in [0.4, 0.5) is 17.1 Å². The summed E-state index contributed by atoms with van der Waals surface area (Å²) in [7, 11) is 0. The number of rotatable bonds is 8. The first kappa shape index (κ1) is 36.0. The summed E-state index contributed by atoms with van der Waals surface area (Å²) in [6.45, 7) is 0. The Morgan fingerprint density at radius 1 is 0.383 bits per heavy atom. The van der Waals surface area contributed by atoms with Crippen molar-refractivity contribution in [3.05, 3.63) is 212 Å². The number of nitrogens with zero attached hydrogens (tertiary/aromatic N) is 1. The maximum absolute atomic E-state index is 6.28. The zero-order chi connectivity index (χ0) is 39.8. The van der Waals surface area contributed by atoms with Crippen molar-refractivity contribution in [2.24, 2.45) is 0 Å². The summed E-state index contributed by atoms with van der Waals surface area (Å²) in [6.07, 6.45) is 6.46. The molecule has 10 aromatic rings. The summed E-state index contributed by atoms with van der Waals surface area (Å²) < 4.78 is 6.28. The molecule has 0 bridgehead atoms. The van der Waals surface area contributed by atoms with Crippen LogP contribution in [0.2, 0.25) is 0 Å². The van der Waals surface area contributed by atoms with Gasteiger partial charge in [0.05, 0.1) is 11.4 Å². The number of para-hydroxylation sites is 3. The average Bonchev–Trinajstić information content (AvgIpc) is 3.71. The van der Waals surface area contributed by atoms with E-state index in [2.05, 4.69) is 205 Å². The number of furan rings is 1. The predicted octanol–water partition coefficient (Wildman–Crippen LogP) is 16.9. The molecule has 2 nitrogen and oxygen atoms in total. The van der Waals surface area contributed by atoms with Crippen molar-refractivity contribution in [2.75, 3.05) is 4.90 Å². The lowest BCUT2D eigenvalue weighted by atomic mass is 9.80. The molecule has 0 spiro atoms. The molecule has 1 fully saturated rings. The van der Waals surface area contributed by atoms with Gasteiger partial charge in [-0.2, -0.15) is 0 Å². The van der Waals surface area contributed by atoms with E-state index in [-0.39, 0.29) is 0 Å². The highest BCUT2D eigenvalue weighted by Crippen LogP contribution is 2.48. The minimum Gasteiger partial charge on any atom is -0.456 e. The molecule has 0 saturated heterocycles. The first-order valence-electron chi connectivity index (χ1n) is 21.4. The van der Waals surface area contributed by atoms with E-state index >= 15 is 0 Å². The molecule has 11 rings (SSSR count). The Morgan fingerprint density at radius 2 is 0.933 bits per heavy atom. The van der Waals surface area contributed by atoms with Crippen molar-refractivity contribution < 1.29 is 4.42 Å². The molecule has 1 aromatic heterocycles. The van der Waals surface area contributed by atoms with Gasteiger partial charge < -0.3 is 9.32 Å². The molecule has 0 radical (unpaired) electrons. The third-order valence-corrected chi connectivity index (χ3v) is 12.7. The largest absolute Gasteiger partial charge is 0.456 e. The summed E-state index contributed by atoms with van der Waals surface area (Å²) in [4.78, 5) is 2.48. The summed E-state index contributed by atoms with van der Waals surface area (Å²) in [5.74, 6) is 0.579. The van der Waals surface area contributed by atoms with Crippen LogP contribution in [0, 0.1) is 0 Å². The number of hydrogen-bond donors (Lipinski definition) is 0. The van der Waals surface area contributed by atoms with E-state index in [0.29, 0.717) is 5.92 Å². The molecular weight excluding hydrogens is 727 g/mol. The predicted molar refractivity (Wildman–Crippen MR) is 253 cm³/mol. The van der Waals surface area contributed by atoms with Gasteiger partial charge in [-0.05, 0) is 111 Å². The van der Waals surface area contributed by atoms with E-state index in [9.17, 15) is 0 Å². The Morgan fingerprint density at radius 3 is 1.68 bits per heavy atom. The van der Waals surface area contributed by atoms with E-state index in [4.69, 9.17) is 4.42 Å². The maximum Gasteiger partial charge on any atom is 0.135 e.